The minimum atomic E-state index is 0.793. The maximum atomic E-state index is 2.45. The quantitative estimate of drug-likeness (QED) is 0.531. The zero-order chi connectivity index (χ0) is 6.48. The fourth-order valence-electron chi connectivity index (χ4n) is 1.82. The highest BCUT2D eigenvalue weighted by Gasteiger charge is 2.47. The van der Waals surface area contributed by atoms with Gasteiger partial charge in [-0.2, -0.15) is 0 Å². The molecule has 0 aromatic rings. The van der Waals surface area contributed by atoms with Crippen molar-refractivity contribution < 1.29 is 0 Å². The van der Waals surface area contributed by atoms with E-state index < -0.39 is 0 Å². The van der Waals surface area contributed by atoms with E-state index in [9.17, 15) is 0 Å². The van der Waals surface area contributed by atoms with Gasteiger partial charge in [-0.3, -0.25) is 0 Å². The molecule has 2 fully saturated rings. The van der Waals surface area contributed by atoms with E-state index in [1.165, 1.54) is 25.7 Å². The largest absolute Gasteiger partial charge is 0.0617 e. The minimum Gasteiger partial charge on any atom is -0.0617 e. The van der Waals surface area contributed by atoms with Crippen molar-refractivity contribution in [1.82, 2.24) is 0 Å². The molecule has 2 aliphatic rings. The Bertz CT molecular complexity index is 118. The Kier molecular flexibility index (Phi) is 0.980. The molecule has 0 heterocycles. The fourth-order valence-corrected chi connectivity index (χ4v) is 1.82. The van der Waals surface area contributed by atoms with E-state index in [-0.39, 0.29) is 0 Å². The van der Waals surface area contributed by atoms with E-state index in [0.29, 0.717) is 0 Å². The first-order chi connectivity index (χ1) is 4.22. The van der Waals surface area contributed by atoms with E-state index >= 15 is 0 Å². The van der Waals surface area contributed by atoms with Crippen molar-refractivity contribution >= 4 is 0 Å². The first kappa shape index (κ1) is 5.76. The predicted molar refractivity (Wildman–Crippen MR) is 39.2 cm³/mol. The molecular formula is C9H16. The summed E-state index contributed by atoms with van der Waals surface area (Å²) in [5.41, 5.74) is 0.793. The summed E-state index contributed by atoms with van der Waals surface area (Å²) in [7, 11) is 0. The monoisotopic (exact) mass is 124 g/mol. The molecule has 2 aliphatic carbocycles. The van der Waals surface area contributed by atoms with Crippen LogP contribution in [0, 0.1) is 17.3 Å². The van der Waals surface area contributed by atoms with Gasteiger partial charge in [0, 0.05) is 0 Å². The summed E-state index contributed by atoms with van der Waals surface area (Å²) in [6, 6.07) is 0. The first-order valence-corrected chi connectivity index (χ1v) is 4.22. The normalized spacial score (nSPS) is 34.0. The van der Waals surface area contributed by atoms with Gasteiger partial charge in [-0.25, -0.2) is 0 Å². The molecule has 0 spiro atoms. The van der Waals surface area contributed by atoms with Gasteiger partial charge in [-0.05, 0) is 42.9 Å². The Labute approximate surface area is 57.6 Å². The molecule has 0 radical (unpaired) electrons. The second-order valence-electron chi connectivity index (χ2n) is 4.28. The van der Waals surface area contributed by atoms with Crippen LogP contribution in [-0.2, 0) is 0 Å². The van der Waals surface area contributed by atoms with Crippen molar-refractivity contribution in [3.8, 4) is 0 Å². The summed E-state index contributed by atoms with van der Waals surface area (Å²) >= 11 is 0. The summed E-state index contributed by atoms with van der Waals surface area (Å²) in [6.45, 7) is 4.90. The molecule has 0 saturated heterocycles. The van der Waals surface area contributed by atoms with Crippen LogP contribution in [0.4, 0.5) is 0 Å². The van der Waals surface area contributed by atoms with Gasteiger partial charge >= 0.3 is 0 Å². The van der Waals surface area contributed by atoms with Crippen molar-refractivity contribution in [2.24, 2.45) is 17.3 Å². The first-order valence-electron chi connectivity index (χ1n) is 4.22. The molecule has 0 aromatic carbocycles. The Hall–Kier alpha value is 0. The van der Waals surface area contributed by atoms with Crippen molar-refractivity contribution in [3.05, 3.63) is 0 Å². The lowest BCUT2D eigenvalue weighted by atomic mass is 9.89. The van der Waals surface area contributed by atoms with E-state index in [0.717, 1.165) is 17.3 Å². The van der Waals surface area contributed by atoms with Crippen LogP contribution in [0.25, 0.3) is 0 Å². The molecule has 2 rings (SSSR count). The van der Waals surface area contributed by atoms with Crippen LogP contribution in [0.15, 0.2) is 0 Å². The van der Waals surface area contributed by atoms with E-state index in [1.807, 2.05) is 0 Å². The lowest BCUT2D eigenvalue weighted by molar-refractivity contribution is 0.324. The van der Waals surface area contributed by atoms with Crippen LogP contribution in [0.3, 0.4) is 0 Å². The van der Waals surface area contributed by atoms with Gasteiger partial charge in [-0.1, -0.05) is 13.8 Å². The van der Waals surface area contributed by atoms with Crippen molar-refractivity contribution in [3.63, 3.8) is 0 Å². The SMILES string of the molecule is CC(C1CC1)C1(C)CC1. The van der Waals surface area contributed by atoms with Gasteiger partial charge in [0.2, 0.25) is 0 Å². The fraction of sp³-hybridized carbons (Fsp3) is 1.00. The van der Waals surface area contributed by atoms with E-state index in [2.05, 4.69) is 13.8 Å². The number of rotatable bonds is 2. The molecule has 2 saturated carbocycles. The van der Waals surface area contributed by atoms with E-state index in [4.69, 9.17) is 0 Å². The van der Waals surface area contributed by atoms with Crippen molar-refractivity contribution in [2.75, 3.05) is 0 Å². The highest BCUT2D eigenvalue weighted by Crippen LogP contribution is 2.58. The molecule has 0 N–H and O–H groups in total. The third-order valence-corrected chi connectivity index (χ3v) is 3.47. The topological polar surface area (TPSA) is 0 Å². The molecule has 52 valence electrons. The molecule has 9 heavy (non-hydrogen) atoms. The van der Waals surface area contributed by atoms with Crippen molar-refractivity contribution in [2.45, 2.75) is 39.5 Å². The van der Waals surface area contributed by atoms with Gasteiger partial charge < -0.3 is 0 Å². The van der Waals surface area contributed by atoms with Crippen LogP contribution in [0.2, 0.25) is 0 Å². The van der Waals surface area contributed by atoms with Gasteiger partial charge in [0.1, 0.15) is 0 Å². The molecule has 0 bridgehead atoms. The third-order valence-electron chi connectivity index (χ3n) is 3.47. The molecule has 0 aromatic heterocycles. The molecule has 1 unspecified atom stereocenters. The minimum absolute atomic E-state index is 0.793. The average Bonchev–Trinajstić information content (AvgIpc) is 2.54. The van der Waals surface area contributed by atoms with Crippen LogP contribution in [0.5, 0.6) is 0 Å². The molecule has 0 aliphatic heterocycles. The molecule has 0 heteroatoms. The van der Waals surface area contributed by atoms with Gasteiger partial charge in [0.25, 0.3) is 0 Å². The zero-order valence-corrected chi connectivity index (χ0v) is 6.48. The smallest absolute Gasteiger partial charge is 0.0297 e. The average molecular weight is 124 g/mol. The summed E-state index contributed by atoms with van der Waals surface area (Å²) in [5, 5.41) is 0. The van der Waals surface area contributed by atoms with Gasteiger partial charge in [0.15, 0.2) is 0 Å². The van der Waals surface area contributed by atoms with E-state index in [1.54, 1.807) is 0 Å². The third kappa shape index (κ3) is 0.889. The summed E-state index contributed by atoms with van der Waals surface area (Å²) in [4.78, 5) is 0. The van der Waals surface area contributed by atoms with Crippen LogP contribution in [0.1, 0.15) is 39.5 Å². The van der Waals surface area contributed by atoms with Gasteiger partial charge in [-0.15, -0.1) is 0 Å². The highest BCUT2D eigenvalue weighted by molar-refractivity contribution is 4.98. The van der Waals surface area contributed by atoms with Crippen LogP contribution >= 0.6 is 0 Å². The Morgan fingerprint density at radius 3 is 2.22 bits per heavy atom. The molecule has 0 amide bonds. The van der Waals surface area contributed by atoms with Gasteiger partial charge in [0.05, 0.1) is 0 Å². The molecule has 0 nitrogen and oxygen atoms in total. The summed E-state index contributed by atoms with van der Waals surface area (Å²) in [6.07, 6.45) is 6.06. The molecule has 1 atom stereocenters. The summed E-state index contributed by atoms with van der Waals surface area (Å²) in [5.74, 6) is 2.16. The number of hydrogen-bond acceptors (Lipinski definition) is 0. The highest BCUT2D eigenvalue weighted by atomic mass is 14.5. The van der Waals surface area contributed by atoms with Crippen LogP contribution in [-0.4, -0.2) is 0 Å². The lowest BCUT2D eigenvalue weighted by Gasteiger charge is -2.16. The predicted octanol–water partition coefficient (Wildman–Crippen LogP) is 2.83. The Morgan fingerprint density at radius 2 is 1.89 bits per heavy atom. The second-order valence-corrected chi connectivity index (χ2v) is 4.28. The van der Waals surface area contributed by atoms with Crippen molar-refractivity contribution in [1.29, 1.82) is 0 Å². The lowest BCUT2D eigenvalue weighted by Crippen LogP contribution is -2.09. The molecular weight excluding hydrogens is 108 g/mol. The maximum absolute atomic E-state index is 2.45. The van der Waals surface area contributed by atoms with Crippen LogP contribution < -0.4 is 0 Å². The standard InChI is InChI=1S/C9H16/c1-7(8-3-4-8)9(2)5-6-9/h7-8H,3-6H2,1-2H3. The Morgan fingerprint density at radius 1 is 1.33 bits per heavy atom. The summed E-state index contributed by atoms with van der Waals surface area (Å²) < 4.78 is 0. The zero-order valence-electron chi connectivity index (χ0n) is 6.48. The Balaban J connectivity index is 1.95. The second kappa shape index (κ2) is 1.53. The maximum Gasteiger partial charge on any atom is -0.0297 e. The number of hydrogen-bond donors (Lipinski definition) is 0.